The lowest BCUT2D eigenvalue weighted by Crippen LogP contribution is -2.46. The normalized spacial score (nSPS) is 16.5. The smallest absolute Gasteiger partial charge is 0.409 e. The molecule has 1 atom stereocenters. The van der Waals surface area contributed by atoms with Crippen LogP contribution >= 0.6 is 0 Å². The minimum atomic E-state index is -4.71. The molecule has 0 aliphatic carbocycles. The summed E-state index contributed by atoms with van der Waals surface area (Å²) >= 11 is 0. The van der Waals surface area contributed by atoms with Crippen LogP contribution in [0.1, 0.15) is 11.3 Å². The number of nitrogens with zero attached hydrogens (tertiary/aromatic N) is 4. The number of amides is 1. The molecule has 1 aliphatic rings. The number of methoxy groups -OCH3 is 1. The zero-order valence-corrected chi connectivity index (χ0v) is 20.1. The number of carbonyl (C=O) groups is 1. The lowest BCUT2D eigenvalue weighted by molar-refractivity contribution is -0.0241. The number of aryl methyl sites for hydroxylation is 1. The first-order valence-electron chi connectivity index (χ1n) is 10.6. The number of hydrogen-bond acceptors (Lipinski definition) is 6. The van der Waals surface area contributed by atoms with Crippen molar-refractivity contribution < 1.29 is 36.0 Å². The molecule has 0 unspecified atom stereocenters. The van der Waals surface area contributed by atoms with Crippen LogP contribution in [0.4, 0.5) is 19.3 Å². The summed E-state index contributed by atoms with van der Waals surface area (Å²) in [6.45, 7) is 2.70. The number of morpholine rings is 1. The number of hydrogen-bond donors (Lipinski definition) is 1. The second-order valence-electron chi connectivity index (χ2n) is 8.18. The van der Waals surface area contributed by atoms with Gasteiger partial charge in [-0.25, -0.2) is 18.6 Å². The Kier molecular flexibility index (Phi) is 6.66. The van der Waals surface area contributed by atoms with Gasteiger partial charge < -0.3 is 18.8 Å². The van der Waals surface area contributed by atoms with E-state index in [1.54, 1.807) is 16.7 Å². The highest BCUT2D eigenvalue weighted by atomic mass is 32.2. The van der Waals surface area contributed by atoms with Crippen LogP contribution in [0.15, 0.2) is 30.5 Å². The molecule has 188 valence electrons. The van der Waals surface area contributed by atoms with Crippen LogP contribution in [0.2, 0.25) is 0 Å². The summed E-state index contributed by atoms with van der Waals surface area (Å²) in [6, 6.07) is 5.19. The van der Waals surface area contributed by atoms with Gasteiger partial charge in [-0.3, -0.25) is 8.86 Å². The van der Waals surface area contributed by atoms with E-state index in [1.807, 2.05) is 13.0 Å². The summed E-state index contributed by atoms with van der Waals surface area (Å²) in [5.74, 6) is -2.12. The minimum Gasteiger partial charge on any atom is -0.453 e. The van der Waals surface area contributed by atoms with Crippen LogP contribution in [0.25, 0.3) is 16.9 Å². The molecule has 3 aromatic rings. The Bertz CT molecular complexity index is 1370. The molecule has 0 bridgehead atoms. The zero-order chi connectivity index (χ0) is 25.5. The van der Waals surface area contributed by atoms with E-state index < -0.39 is 45.4 Å². The van der Waals surface area contributed by atoms with Crippen molar-refractivity contribution in [1.82, 2.24) is 14.3 Å². The van der Waals surface area contributed by atoms with Crippen molar-refractivity contribution in [3.05, 3.63) is 53.4 Å². The van der Waals surface area contributed by atoms with Crippen molar-refractivity contribution in [2.24, 2.45) is 0 Å². The molecular formula is C22H24F2N4O6S. The molecule has 0 spiro atoms. The van der Waals surface area contributed by atoms with Crippen LogP contribution in [-0.4, -0.2) is 73.3 Å². The molecule has 0 saturated carbocycles. The minimum absolute atomic E-state index is 0.0189. The number of pyridine rings is 1. The number of rotatable bonds is 5. The maximum absolute atomic E-state index is 15.2. The number of carbonyl (C=O) groups excluding carboxylic acids is 1. The predicted octanol–water partition coefficient (Wildman–Crippen LogP) is 2.84. The van der Waals surface area contributed by atoms with Gasteiger partial charge in [0.2, 0.25) is 0 Å². The molecule has 1 fully saturated rings. The second kappa shape index (κ2) is 9.40. The van der Waals surface area contributed by atoms with Crippen molar-refractivity contribution in [2.75, 3.05) is 38.2 Å². The molecule has 1 aliphatic heterocycles. The monoisotopic (exact) mass is 510 g/mol. The fourth-order valence-electron chi connectivity index (χ4n) is 4.05. The molecular weight excluding hydrogens is 486 g/mol. The molecule has 3 heterocycles. The standard InChI is InChI=1S/C22H24F2N4O6S/c1-13-4-5-28-18(11-15-12-27(6-7-34-15)22(29)33-3)21(25-19(28)8-13)20-16(23)9-14(10-17(20)24)26(2)35(30,31)32/h4-5,8-10,15H,6-7,11-12H2,1-3H3,(H,30,31,32)/t15-/m0/s1. The second-order valence-corrected chi connectivity index (χ2v) is 9.63. The SMILES string of the molecule is COC(=O)N1CCO[C@@H](Cc2c(-c3c(F)cc(N(C)S(=O)(=O)O)cc3F)nc3cc(C)ccn23)C1. The highest BCUT2D eigenvalue weighted by molar-refractivity contribution is 7.87. The van der Waals surface area contributed by atoms with E-state index in [9.17, 15) is 17.8 Å². The number of benzene rings is 1. The Morgan fingerprint density at radius 2 is 2.00 bits per heavy atom. The maximum atomic E-state index is 15.2. The van der Waals surface area contributed by atoms with E-state index in [0.29, 0.717) is 22.2 Å². The van der Waals surface area contributed by atoms with Gasteiger partial charge in [0, 0.05) is 26.2 Å². The molecule has 1 aromatic carbocycles. The summed E-state index contributed by atoms with van der Waals surface area (Å²) in [5.41, 5.74) is 0.966. The fourth-order valence-corrected chi connectivity index (χ4v) is 4.42. The Labute approximate surface area is 200 Å². The number of imidazole rings is 1. The van der Waals surface area contributed by atoms with Gasteiger partial charge in [0.25, 0.3) is 0 Å². The van der Waals surface area contributed by atoms with Crippen LogP contribution in [0.5, 0.6) is 0 Å². The highest BCUT2D eigenvalue weighted by Gasteiger charge is 2.29. The molecule has 2 aromatic heterocycles. The summed E-state index contributed by atoms with van der Waals surface area (Å²) in [6.07, 6.45) is 0.925. The Balaban J connectivity index is 1.80. The molecule has 13 heteroatoms. The van der Waals surface area contributed by atoms with Gasteiger partial charge in [0.1, 0.15) is 17.3 Å². The predicted molar refractivity (Wildman–Crippen MR) is 123 cm³/mol. The molecule has 1 saturated heterocycles. The Morgan fingerprint density at radius 3 is 2.63 bits per heavy atom. The van der Waals surface area contributed by atoms with Crippen molar-refractivity contribution in [3.63, 3.8) is 0 Å². The summed E-state index contributed by atoms with van der Waals surface area (Å²) in [5, 5.41) is 0. The lowest BCUT2D eigenvalue weighted by Gasteiger charge is -2.32. The summed E-state index contributed by atoms with van der Waals surface area (Å²) in [7, 11) is -2.46. The van der Waals surface area contributed by atoms with Gasteiger partial charge in [-0.15, -0.1) is 0 Å². The fraction of sp³-hybridized carbons (Fsp3) is 0.364. The van der Waals surface area contributed by atoms with Crippen molar-refractivity contribution in [2.45, 2.75) is 19.4 Å². The third-order valence-corrected chi connectivity index (χ3v) is 6.75. The number of anilines is 1. The first-order valence-corrected chi connectivity index (χ1v) is 12.0. The van der Waals surface area contributed by atoms with E-state index >= 15 is 8.78 Å². The van der Waals surface area contributed by atoms with E-state index in [0.717, 1.165) is 24.7 Å². The quantitative estimate of drug-likeness (QED) is 0.525. The van der Waals surface area contributed by atoms with Crippen molar-refractivity contribution >= 4 is 27.7 Å². The lowest BCUT2D eigenvalue weighted by atomic mass is 10.0. The molecule has 35 heavy (non-hydrogen) atoms. The van der Waals surface area contributed by atoms with Gasteiger partial charge >= 0.3 is 16.4 Å². The maximum Gasteiger partial charge on any atom is 0.409 e. The molecule has 10 nitrogen and oxygen atoms in total. The first-order chi connectivity index (χ1) is 16.5. The first kappa shape index (κ1) is 24.8. The average molecular weight is 511 g/mol. The van der Waals surface area contributed by atoms with Crippen LogP contribution in [-0.2, 0) is 26.2 Å². The molecule has 0 radical (unpaired) electrons. The van der Waals surface area contributed by atoms with Gasteiger partial charge in [0.05, 0.1) is 49.0 Å². The summed E-state index contributed by atoms with van der Waals surface area (Å²) < 4.78 is 75.1. The van der Waals surface area contributed by atoms with Crippen molar-refractivity contribution in [1.29, 1.82) is 0 Å². The largest absolute Gasteiger partial charge is 0.453 e. The van der Waals surface area contributed by atoms with E-state index in [2.05, 4.69) is 4.98 Å². The van der Waals surface area contributed by atoms with Crippen LogP contribution in [0.3, 0.4) is 0 Å². The zero-order valence-electron chi connectivity index (χ0n) is 19.2. The van der Waals surface area contributed by atoms with E-state index in [-0.39, 0.29) is 25.3 Å². The van der Waals surface area contributed by atoms with Gasteiger partial charge in [-0.05, 0) is 36.8 Å². The number of ether oxygens (including phenoxy) is 2. The van der Waals surface area contributed by atoms with Gasteiger partial charge in [-0.1, -0.05) is 0 Å². The molecule has 1 N–H and O–H groups in total. The van der Waals surface area contributed by atoms with Gasteiger partial charge in [-0.2, -0.15) is 8.42 Å². The number of aromatic nitrogens is 2. The number of halogens is 2. The third-order valence-electron chi connectivity index (χ3n) is 5.85. The third kappa shape index (κ3) is 4.92. The molecule has 4 rings (SSSR count). The number of fused-ring (bicyclic) bond motifs is 1. The van der Waals surface area contributed by atoms with E-state index in [1.165, 1.54) is 12.0 Å². The van der Waals surface area contributed by atoms with E-state index in [4.69, 9.17) is 9.47 Å². The van der Waals surface area contributed by atoms with Crippen LogP contribution in [0, 0.1) is 18.6 Å². The molecule has 1 amide bonds. The van der Waals surface area contributed by atoms with Crippen molar-refractivity contribution in [3.8, 4) is 11.3 Å². The topological polar surface area (TPSA) is 114 Å². The Morgan fingerprint density at radius 1 is 1.31 bits per heavy atom. The average Bonchev–Trinajstić information content (AvgIpc) is 3.13. The Hall–Kier alpha value is -3.29. The highest BCUT2D eigenvalue weighted by Crippen LogP contribution is 2.34. The summed E-state index contributed by atoms with van der Waals surface area (Å²) in [4.78, 5) is 17.9. The van der Waals surface area contributed by atoms with Crippen LogP contribution < -0.4 is 4.31 Å². The van der Waals surface area contributed by atoms with Gasteiger partial charge in [0.15, 0.2) is 0 Å².